The largest absolute Gasteiger partial charge is 0.481 e. The summed E-state index contributed by atoms with van der Waals surface area (Å²) >= 11 is 0. The van der Waals surface area contributed by atoms with Crippen molar-refractivity contribution >= 4 is 105 Å². The standard InChI is InChI=1S/C73H99N11O26S4/c1-72(2)54-43-52(114(107,108)109)21-25-60(54)84(33-8-10-39-112(101,102)103)61(72)26-16-47-12-11-13-48(17-27-62(85)73(3,4)53-42-51(113(104,105)106)20-22-55(53)75-31-7-9-38-111(98,99)100)66(47)110-50-18-14-46(15-19-50)40-59(70(95)96)79-67(90)58(41-49-44-74-45-77-49)78-64(87)30-34-82(5)36-37-83(6)35-32-76-63(86)28-23-56(68(91)92)80-71(97)81-57(69(93)94)24-29-65(88)89/h14-22,25-27,42-45,56-59,75H,7-13,23-24,28-41H2,1-6H3,(H,74,77)(H,76,86)(H,78,87)(H,79,90)(H,88,89)(H,91,92)(H,93,94)(H,95,96)(H2,80,81,97)(H,98,99,100)(H,101,102,103)(H,104,105,106)(H,107,108,109)/b27-17+,47-16+,61-26+/t56-,57-,58-,59-/m0/s1. The van der Waals surface area contributed by atoms with Crippen LogP contribution in [0.2, 0.25) is 0 Å². The van der Waals surface area contributed by atoms with Crippen LogP contribution in [0.15, 0.2) is 130 Å². The summed E-state index contributed by atoms with van der Waals surface area (Å²) in [6.07, 6.45) is 8.81. The van der Waals surface area contributed by atoms with Crippen LogP contribution in [-0.2, 0) is 103 Å². The second-order valence-corrected chi connectivity index (χ2v) is 34.6. The predicted molar refractivity (Wildman–Crippen MR) is 415 cm³/mol. The summed E-state index contributed by atoms with van der Waals surface area (Å²) in [5.74, 6) is -8.80. The highest BCUT2D eigenvalue weighted by Crippen LogP contribution is 2.49. The van der Waals surface area contributed by atoms with Gasteiger partial charge in [0.05, 0.1) is 38.7 Å². The summed E-state index contributed by atoms with van der Waals surface area (Å²) in [6.45, 7) is 8.61. The number of carboxylic acid groups (broad SMARTS) is 4. The summed E-state index contributed by atoms with van der Waals surface area (Å²) in [7, 11) is -14.5. The van der Waals surface area contributed by atoms with Gasteiger partial charge in [-0.05, 0) is 174 Å². The van der Waals surface area contributed by atoms with Crippen molar-refractivity contribution < 1.29 is 120 Å². The molecule has 0 saturated carbocycles. The number of aromatic nitrogens is 2. The number of ketones is 1. The predicted octanol–water partition coefficient (Wildman–Crippen LogP) is 4.24. The Bertz CT molecular complexity index is 4760. The molecule has 6 rings (SSSR count). The van der Waals surface area contributed by atoms with Gasteiger partial charge in [0, 0.05) is 107 Å². The van der Waals surface area contributed by atoms with E-state index in [4.69, 9.17) is 9.84 Å². The zero-order valence-electron chi connectivity index (χ0n) is 63.7. The van der Waals surface area contributed by atoms with Crippen LogP contribution in [0.3, 0.4) is 0 Å². The van der Waals surface area contributed by atoms with Crippen LogP contribution in [0.1, 0.15) is 127 Å². The average molecular weight is 1670 g/mol. The first-order chi connectivity index (χ1) is 53.2. The second kappa shape index (κ2) is 41.4. The topological polar surface area (TPSA) is 572 Å². The van der Waals surface area contributed by atoms with Crippen molar-refractivity contribution in [3.63, 3.8) is 0 Å². The molecule has 0 fully saturated rings. The van der Waals surface area contributed by atoms with Gasteiger partial charge in [-0.3, -0.25) is 42.2 Å². The molecule has 0 radical (unpaired) electrons. The van der Waals surface area contributed by atoms with Crippen molar-refractivity contribution in [2.24, 2.45) is 0 Å². The van der Waals surface area contributed by atoms with E-state index in [2.05, 4.69) is 36.6 Å². The first-order valence-electron chi connectivity index (χ1n) is 36.2. The first kappa shape index (κ1) is 92.9. The average Bonchev–Trinajstić information content (AvgIpc) is 1.58. The third-order valence-electron chi connectivity index (χ3n) is 19.0. The zero-order chi connectivity index (χ0) is 84.7. The molecule has 1 aliphatic carbocycles. The number of nitrogens with zero attached hydrogens (tertiary/aromatic N) is 4. The Kier molecular flexibility index (Phi) is 33.7. The summed E-state index contributed by atoms with van der Waals surface area (Å²) < 4.78 is 142. The van der Waals surface area contributed by atoms with E-state index in [-0.39, 0.29) is 112 Å². The maximum atomic E-state index is 14.7. The molecule has 15 N–H and O–H groups in total. The number of allylic oxidation sites excluding steroid dienone is 7. The van der Waals surface area contributed by atoms with Crippen molar-refractivity contribution in [2.45, 2.75) is 162 Å². The number of rotatable bonds is 47. The Morgan fingerprint density at radius 2 is 1.25 bits per heavy atom. The van der Waals surface area contributed by atoms with E-state index in [1.54, 1.807) is 56.6 Å². The molecule has 1 aliphatic heterocycles. The molecule has 0 saturated heterocycles. The van der Waals surface area contributed by atoms with Crippen molar-refractivity contribution in [2.75, 3.05) is 81.6 Å². The molecule has 37 nitrogen and oxygen atoms in total. The van der Waals surface area contributed by atoms with Crippen LogP contribution in [0.25, 0.3) is 0 Å². The van der Waals surface area contributed by atoms with Gasteiger partial charge in [-0.2, -0.15) is 33.7 Å². The highest BCUT2D eigenvalue weighted by atomic mass is 32.2. The van der Waals surface area contributed by atoms with Gasteiger partial charge in [0.1, 0.15) is 35.7 Å². The molecule has 626 valence electrons. The van der Waals surface area contributed by atoms with Gasteiger partial charge in [-0.25, -0.2) is 24.2 Å². The molecule has 0 bridgehead atoms. The van der Waals surface area contributed by atoms with Gasteiger partial charge in [-0.1, -0.05) is 38.1 Å². The zero-order valence-corrected chi connectivity index (χ0v) is 66.9. The number of unbranched alkanes of at least 4 members (excludes halogenated alkanes) is 2. The van der Waals surface area contributed by atoms with Gasteiger partial charge in [0.2, 0.25) is 17.7 Å². The van der Waals surface area contributed by atoms with E-state index in [1.165, 1.54) is 56.7 Å². The monoisotopic (exact) mass is 1670 g/mol. The number of hydrogen-bond donors (Lipinski definition) is 15. The summed E-state index contributed by atoms with van der Waals surface area (Å²) in [5, 5.41) is 53.4. The lowest BCUT2D eigenvalue weighted by molar-refractivity contribution is -0.142. The lowest BCUT2D eigenvalue weighted by atomic mass is 9.79. The molecule has 2 heterocycles. The number of imidazole rings is 1. The van der Waals surface area contributed by atoms with Gasteiger partial charge in [-0.15, -0.1) is 0 Å². The van der Waals surface area contributed by atoms with Crippen LogP contribution in [0.4, 0.5) is 16.2 Å². The van der Waals surface area contributed by atoms with E-state index < -0.39 is 158 Å². The van der Waals surface area contributed by atoms with Gasteiger partial charge in [0.25, 0.3) is 40.5 Å². The van der Waals surface area contributed by atoms with Gasteiger partial charge >= 0.3 is 29.9 Å². The lowest BCUT2D eigenvalue weighted by Gasteiger charge is -2.28. The highest BCUT2D eigenvalue weighted by molar-refractivity contribution is 7.86. The van der Waals surface area contributed by atoms with Crippen molar-refractivity contribution in [3.8, 4) is 5.75 Å². The second-order valence-electron chi connectivity index (χ2n) is 28.6. The van der Waals surface area contributed by atoms with E-state index in [9.17, 15) is 110 Å². The minimum atomic E-state index is -4.80. The van der Waals surface area contributed by atoms with E-state index in [0.29, 0.717) is 78.2 Å². The number of benzene rings is 3. The number of ether oxygens (including phenoxy) is 1. The molecule has 0 unspecified atom stereocenters. The number of anilines is 2. The number of hydrogen-bond acceptors (Lipinski definition) is 23. The Morgan fingerprint density at radius 1 is 0.649 bits per heavy atom. The minimum absolute atomic E-state index is 0.0573. The molecule has 2 aliphatic rings. The first-order valence-corrected chi connectivity index (χ1v) is 42.3. The summed E-state index contributed by atoms with van der Waals surface area (Å²) in [6, 6.07) is 6.73. The third-order valence-corrected chi connectivity index (χ3v) is 22.3. The third kappa shape index (κ3) is 29.5. The fraction of sp³-hybridized carbons (Fsp3) is 0.479. The number of amides is 5. The number of carbonyl (C=O) groups excluding carboxylic acids is 5. The number of aliphatic carboxylic acids is 4. The fourth-order valence-electron chi connectivity index (χ4n) is 12.5. The highest BCUT2D eigenvalue weighted by Gasteiger charge is 2.41. The Balaban J connectivity index is 1.18. The van der Waals surface area contributed by atoms with E-state index in [0.717, 1.165) is 12.1 Å². The molecule has 1 aromatic heterocycles. The molecule has 4 atom stereocenters. The number of urea groups is 1. The maximum absolute atomic E-state index is 14.7. The van der Waals surface area contributed by atoms with Crippen LogP contribution in [0, 0.1) is 0 Å². The number of carbonyl (C=O) groups is 9. The van der Waals surface area contributed by atoms with Crippen LogP contribution in [-0.4, -0.2) is 241 Å². The Hall–Kier alpha value is -9.98. The number of carboxylic acids is 4. The van der Waals surface area contributed by atoms with Crippen LogP contribution in [0.5, 0.6) is 5.75 Å². The number of H-pyrrole nitrogens is 1. The maximum Gasteiger partial charge on any atom is 0.326 e. The van der Waals surface area contributed by atoms with Crippen molar-refractivity contribution in [1.82, 2.24) is 46.4 Å². The van der Waals surface area contributed by atoms with E-state index in [1.807, 2.05) is 33.9 Å². The molecular weight excluding hydrogens is 1580 g/mol. The van der Waals surface area contributed by atoms with Crippen molar-refractivity contribution in [3.05, 3.63) is 142 Å². The molecule has 114 heavy (non-hydrogen) atoms. The van der Waals surface area contributed by atoms with Crippen LogP contribution < -0.4 is 41.5 Å². The number of fused-ring (bicyclic) bond motifs is 1. The molecule has 41 heteroatoms. The Morgan fingerprint density at radius 3 is 1.83 bits per heavy atom. The van der Waals surface area contributed by atoms with Crippen LogP contribution >= 0.6 is 0 Å². The number of nitrogens with one attached hydrogen (secondary N) is 7. The van der Waals surface area contributed by atoms with Gasteiger partial charge in [0.15, 0.2) is 5.78 Å². The lowest BCUT2D eigenvalue weighted by Crippen LogP contribution is -2.53. The quantitative estimate of drug-likeness (QED) is 0.0167. The Labute approximate surface area is 660 Å². The molecule has 5 amide bonds. The summed E-state index contributed by atoms with van der Waals surface area (Å²) in [4.78, 5) is 126. The SMILES string of the molecule is CN(CCNC(=O)CC[C@H](NC(=O)N[C@@H](CCC(=O)O)C(=O)O)C(=O)O)CCN(C)CCC(=O)N[C@@H](Cc1c[nH]cn1)C(=O)N[C@@H](Cc1ccc(OC2=C(/C=C/C(=O)C(C)(C)c3cc(S(=O)(=O)O)ccc3NCCCCS(=O)(=O)O)CCC/C2=C\C=C2\N(CCCCS(=O)(=O)O)c3ccc(S(=O)(=O)O)cc3C2(C)C)cc1)C(=O)O. The van der Waals surface area contributed by atoms with E-state index >= 15 is 0 Å². The molecule has 4 aromatic rings. The minimum Gasteiger partial charge on any atom is -0.481 e. The number of aromatic amines is 1. The normalized spacial score (nSPS) is 15.8. The molecular formula is C73H99N11O26S4. The molecule has 0 spiro atoms. The fourth-order valence-corrected chi connectivity index (χ4v) is 14.7. The smallest absolute Gasteiger partial charge is 0.326 e. The van der Waals surface area contributed by atoms with Gasteiger partial charge < -0.3 is 76.7 Å². The number of likely N-dealkylation sites (N-methyl/N-ethyl adjacent to an activating group) is 2. The molecule has 3 aromatic carbocycles. The summed E-state index contributed by atoms with van der Waals surface area (Å²) in [5.41, 5.74) is 1.42. The van der Waals surface area contributed by atoms with Crippen molar-refractivity contribution in [1.29, 1.82) is 0 Å².